The first-order chi connectivity index (χ1) is 8.88. The summed E-state index contributed by atoms with van der Waals surface area (Å²) >= 11 is 0. The molecule has 1 aromatic carbocycles. The third-order valence-electron chi connectivity index (χ3n) is 4.41. The molecule has 106 valence electrons. The van der Waals surface area contributed by atoms with E-state index < -0.39 is 0 Å². The largest absolute Gasteiger partial charge is 0.382 e. The smallest absolute Gasteiger partial charge is 0.123 e. The third kappa shape index (κ3) is 3.49. The fourth-order valence-corrected chi connectivity index (χ4v) is 3.33. The van der Waals surface area contributed by atoms with Crippen LogP contribution in [0.1, 0.15) is 52.0 Å². The van der Waals surface area contributed by atoms with E-state index in [1.165, 1.54) is 25.7 Å². The van der Waals surface area contributed by atoms with Crippen molar-refractivity contribution in [1.82, 2.24) is 0 Å². The van der Waals surface area contributed by atoms with Crippen LogP contribution in [0.15, 0.2) is 18.2 Å². The van der Waals surface area contributed by atoms with E-state index in [2.05, 4.69) is 26.1 Å². The van der Waals surface area contributed by atoms with Gasteiger partial charge in [-0.05, 0) is 54.9 Å². The monoisotopic (exact) mass is 263 g/mol. The van der Waals surface area contributed by atoms with Gasteiger partial charge >= 0.3 is 0 Å². The van der Waals surface area contributed by atoms with Gasteiger partial charge < -0.3 is 5.32 Å². The van der Waals surface area contributed by atoms with E-state index in [0.29, 0.717) is 17.4 Å². The molecule has 2 rings (SSSR count). The van der Waals surface area contributed by atoms with E-state index in [-0.39, 0.29) is 5.82 Å². The lowest BCUT2D eigenvalue weighted by molar-refractivity contribution is 0.163. The van der Waals surface area contributed by atoms with Crippen LogP contribution in [0.4, 0.5) is 10.1 Å². The van der Waals surface area contributed by atoms with Gasteiger partial charge in [0.25, 0.3) is 0 Å². The van der Waals surface area contributed by atoms with Gasteiger partial charge in [0.05, 0.1) is 0 Å². The molecule has 1 aliphatic rings. The third-order valence-corrected chi connectivity index (χ3v) is 4.41. The Labute approximate surface area is 116 Å². The van der Waals surface area contributed by atoms with Gasteiger partial charge in [-0.25, -0.2) is 4.39 Å². The summed E-state index contributed by atoms with van der Waals surface area (Å²) in [5, 5.41) is 3.67. The lowest BCUT2D eigenvalue weighted by atomic mass is 9.69. The molecule has 1 aliphatic carbocycles. The number of rotatable bonds is 2. The molecule has 2 heteroatoms. The molecule has 1 N–H and O–H groups in total. The topological polar surface area (TPSA) is 12.0 Å². The summed E-state index contributed by atoms with van der Waals surface area (Å²) in [4.78, 5) is 0. The Hall–Kier alpha value is -1.05. The first-order valence-corrected chi connectivity index (χ1v) is 7.40. The maximum Gasteiger partial charge on any atom is 0.123 e. The van der Waals surface area contributed by atoms with Gasteiger partial charge in [-0.15, -0.1) is 0 Å². The highest BCUT2D eigenvalue weighted by atomic mass is 19.1. The molecule has 0 spiro atoms. The molecule has 2 unspecified atom stereocenters. The van der Waals surface area contributed by atoms with Crippen molar-refractivity contribution in [3.63, 3.8) is 0 Å². The van der Waals surface area contributed by atoms with Crippen molar-refractivity contribution < 1.29 is 4.39 Å². The van der Waals surface area contributed by atoms with Crippen molar-refractivity contribution in [2.24, 2.45) is 11.3 Å². The number of benzene rings is 1. The van der Waals surface area contributed by atoms with E-state index in [1.807, 2.05) is 13.0 Å². The Morgan fingerprint density at radius 3 is 2.47 bits per heavy atom. The first kappa shape index (κ1) is 14.4. The van der Waals surface area contributed by atoms with E-state index in [1.54, 1.807) is 12.1 Å². The molecule has 0 bridgehead atoms. The minimum atomic E-state index is -0.154. The molecule has 0 saturated heterocycles. The standard InChI is InChI=1S/C17H26FN/c1-12-11-13(18)9-10-15(12)19-16-8-6-5-7-14(16)17(2,3)4/h9-11,14,16,19H,5-8H2,1-4H3. The highest BCUT2D eigenvalue weighted by molar-refractivity contribution is 5.51. The van der Waals surface area contributed by atoms with Crippen LogP contribution < -0.4 is 5.32 Å². The minimum Gasteiger partial charge on any atom is -0.382 e. The Morgan fingerprint density at radius 1 is 1.16 bits per heavy atom. The first-order valence-electron chi connectivity index (χ1n) is 7.40. The molecule has 1 nitrogen and oxygen atoms in total. The minimum absolute atomic E-state index is 0.154. The molecule has 0 aliphatic heterocycles. The average Bonchev–Trinajstić information content (AvgIpc) is 2.32. The van der Waals surface area contributed by atoms with E-state index in [0.717, 1.165) is 11.3 Å². The summed E-state index contributed by atoms with van der Waals surface area (Å²) in [6.45, 7) is 8.96. The second kappa shape index (κ2) is 5.52. The summed E-state index contributed by atoms with van der Waals surface area (Å²) < 4.78 is 13.2. The lowest BCUT2D eigenvalue weighted by Crippen LogP contribution is -2.39. The zero-order valence-corrected chi connectivity index (χ0v) is 12.6. The Balaban J connectivity index is 2.15. The maximum atomic E-state index is 13.2. The van der Waals surface area contributed by atoms with Crippen LogP contribution in [-0.2, 0) is 0 Å². The van der Waals surface area contributed by atoms with Gasteiger partial charge in [-0.2, -0.15) is 0 Å². The normalized spacial score (nSPS) is 24.3. The summed E-state index contributed by atoms with van der Waals surface area (Å²) in [5.74, 6) is 0.532. The fourth-order valence-electron chi connectivity index (χ4n) is 3.33. The zero-order chi connectivity index (χ0) is 14.0. The highest BCUT2D eigenvalue weighted by Crippen LogP contribution is 2.39. The van der Waals surface area contributed by atoms with Crippen LogP contribution in [0, 0.1) is 24.1 Å². The van der Waals surface area contributed by atoms with Crippen LogP contribution in [0.2, 0.25) is 0 Å². The highest BCUT2D eigenvalue weighted by Gasteiger charge is 2.34. The quantitative estimate of drug-likeness (QED) is 0.778. The van der Waals surface area contributed by atoms with Gasteiger partial charge in [0.15, 0.2) is 0 Å². The maximum absolute atomic E-state index is 13.2. The van der Waals surface area contributed by atoms with Gasteiger partial charge in [0.1, 0.15) is 5.82 Å². The van der Waals surface area contributed by atoms with E-state index >= 15 is 0 Å². The number of nitrogens with one attached hydrogen (secondary N) is 1. The summed E-state index contributed by atoms with van der Waals surface area (Å²) in [6.07, 6.45) is 5.15. The molecule has 0 radical (unpaired) electrons. The lowest BCUT2D eigenvalue weighted by Gasteiger charge is -2.41. The van der Waals surface area contributed by atoms with Crippen molar-refractivity contribution in [1.29, 1.82) is 0 Å². The molecular weight excluding hydrogens is 237 g/mol. The van der Waals surface area contributed by atoms with E-state index in [9.17, 15) is 4.39 Å². The SMILES string of the molecule is Cc1cc(F)ccc1NC1CCCCC1C(C)(C)C. The molecule has 2 atom stereocenters. The number of hydrogen-bond acceptors (Lipinski definition) is 1. The van der Waals surface area contributed by atoms with Crippen molar-refractivity contribution >= 4 is 5.69 Å². The molecule has 1 saturated carbocycles. The van der Waals surface area contributed by atoms with Crippen LogP contribution in [-0.4, -0.2) is 6.04 Å². The molecule has 0 amide bonds. The molecular formula is C17H26FN. The predicted molar refractivity (Wildman–Crippen MR) is 80.0 cm³/mol. The molecule has 0 aromatic heterocycles. The molecule has 1 aromatic rings. The van der Waals surface area contributed by atoms with Gasteiger partial charge in [-0.3, -0.25) is 0 Å². The molecule has 0 heterocycles. The fraction of sp³-hybridized carbons (Fsp3) is 0.647. The summed E-state index contributed by atoms with van der Waals surface area (Å²) in [7, 11) is 0. The Morgan fingerprint density at radius 2 is 1.84 bits per heavy atom. The second-order valence-electron chi connectivity index (χ2n) is 6.97. The van der Waals surface area contributed by atoms with Gasteiger partial charge in [0.2, 0.25) is 0 Å². The van der Waals surface area contributed by atoms with Gasteiger partial charge in [0, 0.05) is 11.7 Å². The summed E-state index contributed by atoms with van der Waals surface area (Å²) in [6, 6.07) is 5.54. The zero-order valence-electron chi connectivity index (χ0n) is 12.6. The number of hydrogen-bond donors (Lipinski definition) is 1. The van der Waals surface area contributed by atoms with Crippen LogP contribution in [0.25, 0.3) is 0 Å². The Kier molecular flexibility index (Phi) is 4.17. The number of anilines is 1. The molecule has 1 fully saturated rings. The summed E-state index contributed by atoms with van der Waals surface area (Å²) in [5.41, 5.74) is 2.41. The average molecular weight is 263 g/mol. The number of halogens is 1. The van der Waals surface area contributed by atoms with Crippen molar-refractivity contribution in [3.8, 4) is 0 Å². The Bertz CT molecular complexity index is 433. The van der Waals surface area contributed by atoms with Crippen molar-refractivity contribution in [2.45, 2.75) is 59.4 Å². The predicted octanol–water partition coefficient (Wildman–Crippen LogP) is 5.15. The second-order valence-corrected chi connectivity index (χ2v) is 6.97. The number of aryl methyl sites for hydroxylation is 1. The van der Waals surface area contributed by atoms with Gasteiger partial charge in [-0.1, -0.05) is 33.6 Å². The van der Waals surface area contributed by atoms with Crippen molar-refractivity contribution in [3.05, 3.63) is 29.6 Å². The van der Waals surface area contributed by atoms with E-state index in [4.69, 9.17) is 0 Å². The van der Waals surface area contributed by atoms with Crippen LogP contribution in [0.5, 0.6) is 0 Å². The van der Waals surface area contributed by atoms with Crippen molar-refractivity contribution in [2.75, 3.05) is 5.32 Å². The molecule has 19 heavy (non-hydrogen) atoms. The van der Waals surface area contributed by atoms with Crippen LogP contribution >= 0.6 is 0 Å². The van der Waals surface area contributed by atoms with Crippen LogP contribution in [0.3, 0.4) is 0 Å².